The summed E-state index contributed by atoms with van der Waals surface area (Å²) in [6.45, 7) is 2.13. The van der Waals surface area contributed by atoms with Gasteiger partial charge >= 0.3 is 0 Å². The highest BCUT2D eigenvalue weighted by Crippen LogP contribution is 2.28. The quantitative estimate of drug-likeness (QED) is 0.446. The van der Waals surface area contributed by atoms with Crippen LogP contribution in [0.1, 0.15) is 12.5 Å². The fraction of sp³-hybridized carbons (Fsp3) is 0.130. The Bertz CT molecular complexity index is 1110. The number of hydrogen-bond donors (Lipinski definition) is 1. The van der Waals surface area contributed by atoms with E-state index in [1.54, 1.807) is 12.4 Å². The lowest BCUT2D eigenvalue weighted by atomic mass is 10.1. The molecule has 0 radical (unpaired) electrons. The van der Waals surface area contributed by atoms with Gasteiger partial charge in [-0.2, -0.15) is 0 Å². The molecule has 2 aromatic carbocycles. The summed E-state index contributed by atoms with van der Waals surface area (Å²) in [5.41, 5.74) is 3.90. The molecule has 4 rings (SSSR count). The molecule has 0 spiro atoms. The third-order valence-electron chi connectivity index (χ3n) is 4.56. The van der Waals surface area contributed by atoms with Gasteiger partial charge in [0.05, 0.1) is 5.75 Å². The zero-order valence-corrected chi connectivity index (χ0v) is 17.3. The summed E-state index contributed by atoms with van der Waals surface area (Å²) in [6, 6.07) is 21.5. The summed E-state index contributed by atoms with van der Waals surface area (Å²) in [6.07, 6.45) is 4.43. The molecule has 4 aromatic rings. The maximum atomic E-state index is 12.4. The molecule has 2 aromatic heterocycles. The lowest BCUT2D eigenvalue weighted by Gasteiger charge is -2.11. The van der Waals surface area contributed by atoms with Gasteiger partial charge in [0.2, 0.25) is 5.91 Å². The standard InChI is InChI=1S/C23H21N5OS/c1-2-17-8-10-20(11-9-17)28-22(18-12-14-24-15-13-18)26-27-23(28)30-16-21(29)25-19-6-4-3-5-7-19/h3-15H,2,16H2,1H3,(H,25,29). The summed E-state index contributed by atoms with van der Waals surface area (Å²) < 4.78 is 1.98. The molecule has 30 heavy (non-hydrogen) atoms. The maximum absolute atomic E-state index is 12.4. The van der Waals surface area contributed by atoms with Crippen LogP contribution in [0.5, 0.6) is 0 Å². The van der Waals surface area contributed by atoms with Gasteiger partial charge in [-0.25, -0.2) is 0 Å². The Labute approximate surface area is 179 Å². The van der Waals surface area contributed by atoms with Crippen LogP contribution in [0.2, 0.25) is 0 Å². The first kappa shape index (κ1) is 19.8. The van der Waals surface area contributed by atoms with Gasteiger partial charge in [0.1, 0.15) is 0 Å². The van der Waals surface area contributed by atoms with Crippen LogP contribution in [-0.2, 0) is 11.2 Å². The van der Waals surface area contributed by atoms with Crippen LogP contribution < -0.4 is 5.32 Å². The van der Waals surface area contributed by atoms with Crippen LogP contribution in [0.3, 0.4) is 0 Å². The van der Waals surface area contributed by atoms with Crippen LogP contribution in [-0.4, -0.2) is 31.4 Å². The number of nitrogens with one attached hydrogen (secondary N) is 1. The minimum atomic E-state index is -0.0902. The zero-order chi connectivity index (χ0) is 20.8. The number of carbonyl (C=O) groups is 1. The highest BCUT2D eigenvalue weighted by Gasteiger charge is 2.17. The monoisotopic (exact) mass is 415 g/mol. The van der Waals surface area contributed by atoms with Gasteiger partial charge < -0.3 is 5.32 Å². The van der Waals surface area contributed by atoms with Crippen molar-refractivity contribution in [3.8, 4) is 17.1 Å². The Morgan fingerprint density at radius 3 is 2.40 bits per heavy atom. The first-order valence-electron chi connectivity index (χ1n) is 9.67. The number of hydrogen-bond acceptors (Lipinski definition) is 5. The number of amides is 1. The molecule has 0 bridgehead atoms. The number of aryl methyl sites for hydroxylation is 1. The van der Waals surface area contributed by atoms with E-state index in [9.17, 15) is 4.79 Å². The van der Waals surface area contributed by atoms with E-state index >= 15 is 0 Å². The molecule has 1 amide bonds. The molecule has 2 heterocycles. The second-order valence-electron chi connectivity index (χ2n) is 6.60. The average molecular weight is 416 g/mol. The van der Waals surface area contributed by atoms with Crippen LogP contribution in [0.4, 0.5) is 5.69 Å². The van der Waals surface area contributed by atoms with Gasteiger partial charge in [-0.3, -0.25) is 14.3 Å². The van der Waals surface area contributed by atoms with Gasteiger partial charge in [-0.1, -0.05) is 49.0 Å². The second kappa shape index (κ2) is 9.37. The maximum Gasteiger partial charge on any atom is 0.234 e. The van der Waals surface area contributed by atoms with Crippen molar-refractivity contribution in [1.29, 1.82) is 0 Å². The third-order valence-corrected chi connectivity index (χ3v) is 5.49. The van der Waals surface area contributed by atoms with Crippen LogP contribution >= 0.6 is 11.8 Å². The summed E-state index contributed by atoms with van der Waals surface area (Å²) in [4.78, 5) is 16.5. The highest BCUT2D eigenvalue weighted by atomic mass is 32.2. The molecule has 1 N–H and O–H groups in total. The van der Waals surface area contributed by atoms with Crippen molar-refractivity contribution in [3.05, 3.63) is 84.7 Å². The molecule has 6 nitrogen and oxygen atoms in total. The lowest BCUT2D eigenvalue weighted by molar-refractivity contribution is -0.113. The predicted octanol–water partition coefficient (Wildman–Crippen LogP) is 4.62. The normalized spacial score (nSPS) is 10.7. The van der Waals surface area contributed by atoms with Crippen molar-refractivity contribution >= 4 is 23.4 Å². The third kappa shape index (κ3) is 4.58. The first-order chi connectivity index (χ1) is 14.7. The van der Waals surface area contributed by atoms with E-state index in [1.165, 1.54) is 17.3 Å². The Morgan fingerprint density at radius 1 is 0.967 bits per heavy atom. The summed E-state index contributed by atoms with van der Waals surface area (Å²) in [5.74, 6) is 0.858. The molecule has 0 aliphatic heterocycles. The Kier molecular flexibility index (Phi) is 6.20. The van der Waals surface area contributed by atoms with Crippen molar-refractivity contribution in [2.75, 3.05) is 11.1 Å². The van der Waals surface area contributed by atoms with E-state index in [0.717, 1.165) is 23.4 Å². The SMILES string of the molecule is CCc1ccc(-n2c(SCC(=O)Nc3ccccc3)nnc2-c2ccncc2)cc1. The molecule has 7 heteroatoms. The summed E-state index contributed by atoms with van der Waals surface area (Å²) in [7, 11) is 0. The van der Waals surface area contributed by atoms with E-state index in [4.69, 9.17) is 0 Å². The van der Waals surface area contributed by atoms with Crippen molar-refractivity contribution in [3.63, 3.8) is 0 Å². The first-order valence-corrected chi connectivity index (χ1v) is 10.7. The molecular formula is C23H21N5OS. The number of carbonyl (C=O) groups excluding carboxylic acids is 1. The minimum absolute atomic E-state index is 0.0902. The van der Waals surface area contributed by atoms with Gasteiger partial charge in [0, 0.05) is 29.3 Å². The van der Waals surface area contributed by atoms with E-state index in [0.29, 0.717) is 11.0 Å². The van der Waals surface area contributed by atoms with Crippen molar-refractivity contribution in [2.45, 2.75) is 18.5 Å². The molecule has 0 aliphatic carbocycles. The molecule has 0 saturated carbocycles. The fourth-order valence-corrected chi connectivity index (χ4v) is 3.77. The van der Waals surface area contributed by atoms with Crippen LogP contribution in [0, 0.1) is 0 Å². The lowest BCUT2D eigenvalue weighted by Crippen LogP contribution is -2.14. The Hall–Kier alpha value is -3.45. The van der Waals surface area contributed by atoms with E-state index < -0.39 is 0 Å². The molecule has 0 fully saturated rings. The number of rotatable bonds is 7. The van der Waals surface area contributed by atoms with E-state index in [-0.39, 0.29) is 11.7 Å². The number of aromatic nitrogens is 4. The Balaban J connectivity index is 1.60. The van der Waals surface area contributed by atoms with Crippen molar-refractivity contribution in [2.24, 2.45) is 0 Å². The molecule has 0 saturated heterocycles. The van der Waals surface area contributed by atoms with E-state index in [1.807, 2.05) is 47.0 Å². The smallest absolute Gasteiger partial charge is 0.234 e. The number of nitrogens with zero attached hydrogens (tertiary/aromatic N) is 4. The number of benzene rings is 2. The zero-order valence-electron chi connectivity index (χ0n) is 16.5. The molecule has 0 atom stereocenters. The summed E-state index contributed by atoms with van der Waals surface area (Å²) in [5, 5.41) is 12.3. The van der Waals surface area contributed by atoms with Crippen molar-refractivity contribution in [1.82, 2.24) is 19.7 Å². The highest BCUT2D eigenvalue weighted by molar-refractivity contribution is 7.99. The van der Waals surface area contributed by atoms with E-state index in [2.05, 4.69) is 51.7 Å². The second-order valence-corrected chi connectivity index (χ2v) is 7.54. The number of thioether (sulfide) groups is 1. The topological polar surface area (TPSA) is 72.7 Å². The predicted molar refractivity (Wildman–Crippen MR) is 120 cm³/mol. The van der Waals surface area contributed by atoms with Gasteiger partial charge in [0.25, 0.3) is 0 Å². The van der Waals surface area contributed by atoms with Gasteiger partial charge in [0.15, 0.2) is 11.0 Å². The van der Waals surface area contributed by atoms with Crippen LogP contribution in [0.25, 0.3) is 17.1 Å². The van der Waals surface area contributed by atoms with Crippen LogP contribution in [0.15, 0.2) is 84.3 Å². The minimum Gasteiger partial charge on any atom is -0.325 e. The number of anilines is 1. The number of pyridine rings is 1. The molecule has 0 unspecified atom stereocenters. The van der Waals surface area contributed by atoms with Crippen molar-refractivity contribution < 1.29 is 4.79 Å². The fourth-order valence-electron chi connectivity index (χ4n) is 3.01. The summed E-state index contributed by atoms with van der Waals surface area (Å²) >= 11 is 1.36. The molecular weight excluding hydrogens is 394 g/mol. The molecule has 150 valence electrons. The molecule has 0 aliphatic rings. The average Bonchev–Trinajstić information content (AvgIpc) is 3.23. The Morgan fingerprint density at radius 2 is 1.70 bits per heavy atom. The van der Waals surface area contributed by atoms with Gasteiger partial charge in [-0.05, 0) is 48.4 Å². The largest absolute Gasteiger partial charge is 0.325 e. The number of para-hydroxylation sites is 1. The van der Waals surface area contributed by atoms with Gasteiger partial charge in [-0.15, -0.1) is 10.2 Å².